The lowest BCUT2D eigenvalue weighted by molar-refractivity contribution is -0.274. The zero-order valence-corrected chi connectivity index (χ0v) is 21.3. The molecule has 1 aromatic heterocycles. The van der Waals surface area contributed by atoms with Crippen LogP contribution in [0.4, 0.5) is 32.0 Å². The molecule has 0 saturated heterocycles. The van der Waals surface area contributed by atoms with Gasteiger partial charge in [0.15, 0.2) is 0 Å². The average Bonchev–Trinajstić information content (AvgIpc) is 3.62. The molecule has 1 fully saturated rings. The number of carbonyl (C=O) groups is 1. The molecule has 1 amide bonds. The summed E-state index contributed by atoms with van der Waals surface area (Å²) >= 11 is 5.82. The molecule has 0 aliphatic heterocycles. The highest BCUT2D eigenvalue weighted by Crippen LogP contribution is 2.52. The van der Waals surface area contributed by atoms with Gasteiger partial charge in [-0.1, -0.05) is 11.6 Å². The predicted octanol–water partition coefficient (Wildman–Crippen LogP) is 7.36. The van der Waals surface area contributed by atoms with E-state index < -0.39 is 60.6 Å². The lowest BCUT2D eigenvalue weighted by Gasteiger charge is -2.18. The number of hydrogen-bond acceptors (Lipinski definition) is 6. The van der Waals surface area contributed by atoms with Crippen LogP contribution in [0.15, 0.2) is 54.7 Å². The zero-order valence-electron chi connectivity index (χ0n) is 19.7. The van der Waals surface area contributed by atoms with Crippen molar-refractivity contribution in [3.05, 3.63) is 76.6 Å². The number of halogens is 7. The first-order chi connectivity index (χ1) is 18.0. The maximum absolute atomic E-state index is 13.5. The van der Waals surface area contributed by atoms with E-state index in [9.17, 15) is 35.3 Å². The van der Waals surface area contributed by atoms with Gasteiger partial charge in [-0.25, -0.2) is 4.21 Å². The monoisotopic (exact) mass is 593 g/mol. The standard InChI is InChI=1S/C24H18ClF6N3O4S/c1-39(32,36)22(7-8-22)20-10-13(6-9-33-20)34-21(35)16-11-18(25)17(23(26,27)28)12-19(16)37-14-2-4-15(5-3-14)38-24(29,30)31/h2-6,9-12,32H,7-8H2,1H3,(H,33,34,35). The van der Waals surface area contributed by atoms with E-state index in [1.807, 2.05) is 0 Å². The third-order valence-corrected chi connectivity index (χ3v) is 8.26. The molecule has 39 heavy (non-hydrogen) atoms. The molecule has 1 aliphatic rings. The minimum Gasteiger partial charge on any atom is -0.457 e. The molecule has 0 radical (unpaired) electrons. The number of rotatable bonds is 7. The number of nitrogens with zero attached hydrogens (tertiary/aromatic N) is 1. The molecule has 1 atom stereocenters. The summed E-state index contributed by atoms with van der Waals surface area (Å²) in [6.45, 7) is 0. The molecule has 1 heterocycles. The SMILES string of the molecule is CS(=N)(=O)C1(c2cc(NC(=O)c3cc(Cl)c(C(F)(F)F)cc3Oc3ccc(OC(F)(F)F)cc3)ccn2)CC1. The fourth-order valence-electron chi connectivity index (χ4n) is 3.78. The Balaban J connectivity index is 1.66. The summed E-state index contributed by atoms with van der Waals surface area (Å²) in [5, 5.41) is 1.71. The molecule has 1 saturated carbocycles. The predicted molar refractivity (Wildman–Crippen MR) is 130 cm³/mol. The van der Waals surface area contributed by atoms with Gasteiger partial charge in [0.1, 0.15) is 17.2 Å². The second-order valence-electron chi connectivity index (χ2n) is 8.67. The highest BCUT2D eigenvalue weighted by Gasteiger charge is 2.52. The van der Waals surface area contributed by atoms with E-state index in [1.54, 1.807) is 0 Å². The van der Waals surface area contributed by atoms with Crippen molar-refractivity contribution in [3.63, 3.8) is 0 Å². The number of carbonyl (C=O) groups excluding carboxylic acids is 1. The number of alkyl halides is 6. The molecule has 0 spiro atoms. The van der Waals surface area contributed by atoms with Crippen LogP contribution < -0.4 is 14.8 Å². The Kier molecular flexibility index (Phi) is 7.23. The van der Waals surface area contributed by atoms with E-state index in [-0.39, 0.29) is 11.4 Å². The molecular formula is C24H18ClF6N3O4S. The van der Waals surface area contributed by atoms with Crippen LogP contribution in [0.1, 0.15) is 34.5 Å². The summed E-state index contributed by atoms with van der Waals surface area (Å²) < 4.78 is 106. The summed E-state index contributed by atoms with van der Waals surface area (Å²) in [7, 11) is -3.01. The highest BCUT2D eigenvalue weighted by molar-refractivity contribution is 7.92. The largest absolute Gasteiger partial charge is 0.573 e. The van der Waals surface area contributed by atoms with Crippen molar-refractivity contribution in [1.29, 1.82) is 4.78 Å². The number of benzene rings is 2. The van der Waals surface area contributed by atoms with E-state index in [2.05, 4.69) is 15.0 Å². The van der Waals surface area contributed by atoms with Crippen LogP contribution in [-0.2, 0) is 20.7 Å². The van der Waals surface area contributed by atoms with Crippen LogP contribution in [0.2, 0.25) is 5.02 Å². The minimum absolute atomic E-state index is 0.163. The van der Waals surface area contributed by atoms with Crippen LogP contribution in [0.25, 0.3) is 0 Å². The minimum atomic E-state index is -4.95. The molecule has 208 valence electrons. The number of anilines is 1. The molecule has 2 N–H and O–H groups in total. The third kappa shape index (κ3) is 6.38. The van der Waals surface area contributed by atoms with Gasteiger partial charge in [-0.15, -0.1) is 13.2 Å². The summed E-state index contributed by atoms with van der Waals surface area (Å²) in [6.07, 6.45) is -6.30. The Bertz CT molecular complexity index is 1520. The van der Waals surface area contributed by atoms with Crippen molar-refractivity contribution in [2.24, 2.45) is 0 Å². The second-order valence-corrected chi connectivity index (χ2v) is 11.5. The normalized spacial score (nSPS) is 16.2. The van der Waals surface area contributed by atoms with Crippen LogP contribution in [-0.4, -0.2) is 27.7 Å². The summed E-state index contributed by atoms with van der Waals surface area (Å²) in [6, 6.07) is 7.86. The van der Waals surface area contributed by atoms with Gasteiger partial charge in [0.2, 0.25) is 0 Å². The summed E-state index contributed by atoms with van der Waals surface area (Å²) in [5.41, 5.74) is -1.23. The lowest BCUT2D eigenvalue weighted by atomic mass is 10.1. The topological polar surface area (TPSA) is 101 Å². The molecule has 1 aliphatic carbocycles. The molecular weight excluding hydrogens is 576 g/mol. The van der Waals surface area contributed by atoms with Crippen LogP contribution in [0.3, 0.4) is 0 Å². The molecule has 7 nitrogen and oxygen atoms in total. The van der Waals surface area contributed by atoms with E-state index in [1.165, 1.54) is 24.6 Å². The van der Waals surface area contributed by atoms with Gasteiger partial charge in [0.05, 0.1) is 36.3 Å². The molecule has 3 aromatic rings. The van der Waals surface area contributed by atoms with E-state index in [0.29, 0.717) is 24.6 Å². The zero-order chi connectivity index (χ0) is 28.8. The quantitative estimate of drug-likeness (QED) is 0.279. The van der Waals surface area contributed by atoms with Gasteiger partial charge < -0.3 is 14.8 Å². The van der Waals surface area contributed by atoms with E-state index in [0.717, 1.165) is 30.3 Å². The number of ether oxygens (including phenoxy) is 2. The van der Waals surface area contributed by atoms with Gasteiger partial charge in [-0.05, 0) is 61.4 Å². The maximum atomic E-state index is 13.5. The molecule has 15 heteroatoms. The van der Waals surface area contributed by atoms with Crippen molar-refractivity contribution >= 4 is 32.9 Å². The third-order valence-electron chi connectivity index (χ3n) is 5.84. The van der Waals surface area contributed by atoms with Gasteiger partial charge in [-0.2, -0.15) is 13.2 Å². The van der Waals surface area contributed by atoms with Crippen molar-refractivity contribution in [2.45, 2.75) is 30.1 Å². The second kappa shape index (κ2) is 9.90. The fraction of sp³-hybridized carbons (Fsp3) is 0.250. The van der Waals surface area contributed by atoms with Crippen LogP contribution >= 0.6 is 11.6 Å². The van der Waals surface area contributed by atoms with Crippen molar-refractivity contribution < 1.29 is 44.8 Å². The average molecular weight is 594 g/mol. The first-order valence-corrected chi connectivity index (χ1v) is 13.3. The van der Waals surface area contributed by atoms with Crippen molar-refractivity contribution in [3.8, 4) is 17.2 Å². The van der Waals surface area contributed by atoms with Crippen molar-refractivity contribution in [1.82, 2.24) is 4.98 Å². The number of aromatic nitrogens is 1. The lowest BCUT2D eigenvalue weighted by Crippen LogP contribution is -2.20. The van der Waals surface area contributed by atoms with Crippen LogP contribution in [0.5, 0.6) is 17.2 Å². The first kappa shape index (κ1) is 28.5. The summed E-state index contributed by atoms with van der Waals surface area (Å²) in [5.74, 6) is -2.29. The van der Waals surface area contributed by atoms with Crippen molar-refractivity contribution in [2.75, 3.05) is 11.6 Å². The number of nitrogens with one attached hydrogen (secondary N) is 2. The van der Waals surface area contributed by atoms with Crippen LogP contribution in [0, 0.1) is 4.78 Å². The Hall–Kier alpha value is -3.52. The highest BCUT2D eigenvalue weighted by atomic mass is 35.5. The van der Waals surface area contributed by atoms with Gasteiger partial charge >= 0.3 is 12.5 Å². The Morgan fingerprint density at radius 2 is 1.67 bits per heavy atom. The smallest absolute Gasteiger partial charge is 0.457 e. The Morgan fingerprint density at radius 3 is 2.21 bits per heavy atom. The van der Waals surface area contributed by atoms with Gasteiger partial charge in [0, 0.05) is 18.1 Å². The molecule has 4 rings (SSSR count). The Labute approximate surface area is 223 Å². The molecule has 0 bridgehead atoms. The fourth-order valence-corrected chi connectivity index (χ4v) is 5.45. The first-order valence-electron chi connectivity index (χ1n) is 10.9. The van der Waals surface area contributed by atoms with Gasteiger partial charge in [0.25, 0.3) is 5.91 Å². The maximum Gasteiger partial charge on any atom is 0.573 e. The number of hydrogen-bond donors (Lipinski definition) is 2. The van der Waals surface area contributed by atoms with E-state index >= 15 is 0 Å². The van der Waals surface area contributed by atoms with Gasteiger partial charge in [-0.3, -0.25) is 14.6 Å². The molecule has 1 unspecified atom stereocenters. The number of amides is 1. The number of pyridine rings is 1. The summed E-state index contributed by atoms with van der Waals surface area (Å²) in [4.78, 5) is 17.3. The Morgan fingerprint density at radius 1 is 1.05 bits per heavy atom. The van der Waals surface area contributed by atoms with E-state index in [4.69, 9.17) is 21.1 Å². The molecule has 2 aromatic carbocycles.